The first-order valence-corrected chi connectivity index (χ1v) is 4.93. The molecule has 0 atom stereocenters. The molecule has 0 amide bonds. The molecule has 2 N–H and O–H groups in total. The molecule has 0 bridgehead atoms. The molecule has 3 nitrogen and oxygen atoms in total. The molecular weight excluding hydrogens is 272 g/mol. The van der Waals surface area contributed by atoms with Crippen LogP contribution in [0.4, 0.5) is 8.78 Å². The third-order valence-electron chi connectivity index (χ3n) is 1.89. The highest BCUT2D eigenvalue weighted by atomic mass is 79.9. The summed E-state index contributed by atoms with van der Waals surface area (Å²) in [5, 5.41) is 0. The number of ether oxygens (including phenoxy) is 1. The fourth-order valence-electron chi connectivity index (χ4n) is 1.20. The lowest BCUT2D eigenvalue weighted by Gasteiger charge is -2.10. The molecule has 84 valence electrons. The van der Waals surface area contributed by atoms with Crippen LogP contribution in [0.1, 0.15) is 5.56 Å². The molecule has 0 saturated heterocycles. The predicted molar refractivity (Wildman–Crippen MR) is 54.5 cm³/mol. The first kappa shape index (κ1) is 12.4. The van der Waals surface area contributed by atoms with Crippen molar-refractivity contribution in [2.24, 2.45) is 5.90 Å². The van der Waals surface area contributed by atoms with Crippen LogP contribution in [-0.4, -0.2) is 13.7 Å². The van der Waals surface area contributed by atoms with Crippen molar-refractivity contribution in [3.63, 3.8) is 0 Å². The molecular formula is C9H10BrF2NO2. The van der Waals surface area contributed by atoms with E-state index in [-0.39, 0.29) is 23.2 Å². The van der Waals surface area contributed by atoms with E-state index in [1.54, 1.807) is 0 Å². The number of hydrogen-bond acceptors (Lipinski definition) is 3. The van der Waals surface area contributed by atoms with Crippen LogP contribution < -0.4 is 10.6 Å². The average Bonchev–Trinajstić information content (AvgIpc) is 2.23. The molecule has 0 spiro atoms. The van der Waals surface area contributed by atoms with Crippen molar-refractivity contribution in [3.8, 4) is 5.75 Å². The Kier molecular flexibility index (Phi) is 4.44. The number of halogens is 3. The van der Waals surface area contributed by atoms with Gasteiger partial charge < -0.3 is 9.57 Å². The van der Waals surface area contributed by atoms with E-state index in [2.05, 4.69) is 20.8 Å². The van der Waals surface area contributed by atoms with Crippen LogP contribution >= 0.6 is 15.9 Å². The molecule has 0 aliphatic heterocycles. The Labute approximate surface area is 94.2 Å². The first-order chi connectivity index (χ1) is 7.11. The highest BCUT2D eigenvalue weighted by molar-refractivity contribution is 9.10. The summed E-state index contributed by atoms with van der Waals surface area (Å²) in [6.45, 7) is 0.164. The molecule has 0 heterocycles. The van der Waals surface area contributed by atoms with Crippen molar-refractivity contribution >= 4 is 15.9 Å². The van der Waals surface area contributed by atoms with Crippen LogP contribution in [0, 0.1) is 11.6 Å². The second-order valence-corrected chi connectivity index (χ2v) is 3.59. The van der Waals surface area contributed by atoms with Gasteiger partial charge in [-0.15, -0.1) is 0 Å². The van der Waals surface area contributed by atoms with Crippen molar-refractivity contribution < 1.29 is 18.4 Å². The molecule has 0 aliphatic carbocycles. The standard InChI is InChI=1S/C9H10BrF2NO2/c1-14-9-5(2-3-15-13)4-6(11)7(10)8(9)12/h4H,2-3,13H2,1H3. The monoisotopic (exact) mass is 281 g/mol. The number of nitrogens with two attached hydrogens (primary N) is 1. The molecule has 1 rings (SSSR count). The van der Waals surface area contributed by atoms with Crippen LogP contribution in [0.25, 0.3) is 0 Å². The summed E-state index contributed by atoms with van der Waals surface area (Å²) in [5.41, 5.74) is 0.376. The summed E-state index contributed by atoms with van der Waals surface area (Å²) in [4.78, 5) is 4.34. The third-order valence-corrected chi connectivity index (χ3v) is 2.61. The van der Waals surface area contributed by atoms with Gasteiger partial charge in [0.1, 0.15) is 5.82 Å². The van der Waals surface area contributed by atoms with Gasteiger partial charge in [-0.3, -0.25) is 0 Å². The lowest BCUT2D eigenvalue weighted by atomic mass is 10.1. The molecule has 0 radical (unpaired) electrons. The van der Waals surface area contributed by atoms with Crippen LogP contribution in [-0.2, 0) is 11.3 Å². The van der Waals surface area contributed by atoms with Gasteiger partial charge in [-0.25, -0.2) is 14.7 Å². The van der Waals surface area contributed by atoms with Crippen molar-refractivity contribution in [1.82, 2.24) is 0 Å². The van der Waals surface area contributed by atoms with Gasteiger partial charge in [-0.2, -0.15) is 0 Å². The largest absolute Gasteiger partial charge is 0.493 e. The van der Waals surface area contributed by atoms with Crippen LogP contribution in [0.3, 0.4) is 0 Å². The van der Waals surface area contributed by atoms with Crippen molar-refractivity contribution in [2.75, 3.05) is 13.7 Å². The molecule has 6 heteroatoms. The Hall–Kier alpha value is -0.720. The normalized spacial score (nSPS) is 10.5. The minimum Gasteiger partial charge on any atom is -0.493 e. The fourth-order valence-corrected chi connectivity index (χ4v) is 1.50. The van der Waals surface area contributed by atoms with Gasteiger partial charge in [-0.05, 0) is 22.0 Å². The van der Waals surface area contributed by atoms with E-state index in [0.29, 0.717) is 5.56 Å². The van der Waals surface area contributed by atoms with Crippen LogP contribution in [0.2, 0.25) is 0 Å². The Balaban J connectivity index is 3.13. The number of methoxy groups -OCH3 is 1. The molecule has 0 unspecified atom stereocenters. The zero-order valence-electron chi connectivity index (χ0n) is 8.02. The van der Waals surface area contributed by atoms with E-state index in [9.17, 15) is 8.78 Å². The van der Waals surface area contributed by atoms with Crippen LogP contribution in [0.15, 0.2) is 10.5 Å². The quantitative estimate of drug-likeness (QED) is 0.680. The van der Waals surface area contributed by atoms with Crippen LogP contribution in [0.5, 0.6) is 5.75 Å². The minimum absolute atomic E-state index is 0.000301. The van der Waals surface area contributed by atoms with E-state index >= 15 is 0 Å². The van der Waals surface area contributed by atoms with Gasteiger partial charge >= 0.3 is 0 Å². The average molecular weight is 282 g/mol. The Morgan fingerprint density at radius 1 is 1.47 bits per heavy atom. The summed E-state index contributed by atoms with van der Waals surface area (Å²) in [7, 11) is 1.32. The summed E-state index contributed by atoms with van der Waals surface area (Å²) in [6.07, 6.45) is 0.279. The summed E-state index contributed by atoms with van der Waals surface area (Å²) < 4.78 is 31.2. The minimum atomic E-state index is -0.760. The molecule has 0 aliphatic rings. The Bertz CT molecular complexity index is 360. The van der Waals surface area contributed by atoms with Gasteiger partial charge in [0.15, 0.2) is 11.6 Å². The van der Waals surface area contributed by atoms with E-state index in [1.165, 1.54) is 13.2 Å². The highest BCUT2D eigenvalue weighted by Crippen LogP contribution is 2.31. The van der Waals surface area contributed by atoms with Gasteiger partial charge in [0.25, 0.3) is 0 Å². The van der Waals surface area contributed by atoms with Gasteiger partial charge in [-0.1, -0.05) is 0 Å². The summed E-state index contributed by atoms with van der Waals surface area (Å²) in [6, 6.07) is 1.19. The topological polar surface area (TPSA) is 44.5 Å². The van der Waals surface area contributed by atoms with E-state index < -0.39 is 11.6 Å². The van der Waals surface area contributed by atoms with E-state index in [4.69, 9.17) is 10.6 Å². The SMILES string of the molecule is COc1c(CCON)cc(F)c(Br)c1F. The lowest BCUT2D eigenvalue weighted by Crippen LogP contribution is -2.06. The molecule has 0 saturated carbocycles. The maximum absolute atomic E-state index is 13.5. The van der Waals surface area contributed by atoms with Gasteiger partial charge in [0.2, 0.25) is 0 Å². The van der Waals surface area contributed by atoms with Crippen molar-refractivity contribution in [1.29, 1.82) is 0 Å². The number of benzene rings is 1. The second kappa shape index (κ2) is 5.39. The Morgan fingerprint density at radius 2 is 2.13 bits per heavy atom. The zero-order valence-corrected chi connectivity index (χ0v) is 9.61. The number of rotatable bonds is 4. The molecule has 1 aromatic rings. The molecule has 1 aromatic carbocycles. The van der Waals surface area contributed by atoms with Crippen molar-refractivity contribution in [3.05, 3.63) is 27.7 Å². The van der Waals surface area contributed by atoms with Gasteiger partial charge in [0.05, 0.1) is 18.2 Å². The fraction of sp³-hybridized carbons (Fsp3) is 0.333. The molecule has 0 aromatic heterocycles. The maximum Gasteiger partial charge on any atom is 0.182 e. The molecule has 0 fully saturated rings. The zero-order chi connectivity index (χ0) is 11.4. The lowest BCUT2D eigenvalue weighted by molar-refractivity contribution is 0.140. The number of hydrogen-bond donors (Lipinski definition) is 1. The highest BCUT2D eigenvalue weighted by Gasteiger charge is 2.17. The predicted octanol–water partition coefficient (Wildman–Crippen LogP) is 2.17. The molecule has 15 heavy (non-hydrogen) atoms. The smallest absolute Gasteiger partial charge is 0.182 e. The maximum atomic E-state index is 13.5. The Morgan fingerprint density at radius 3 is 2.67 bits per heavy atom. The van der Waals surface area contributed by atoms with Crippen molar-refractivity contribution in [2.45, 2.75) is 6.42 Å². The van der Waals surface area contributed by atoms with E-state index in [1.807, 2.05) is 0 Å². The van der Waals surface area contributed by atoms with Gasteiger partial charge in [0, 0.05) is 12.0 Å². The second-order valence-electron chi connectivity index (χ2n) is 2.80. The third kappa shape index (κ3) is 2.64. The summed E-state index contributed by atoms with van der Waals surface area (Å²) >= 11 is 2.79. The first-order valence-electron chi connectivity index (χ1n) is 4.13. The summed E-state index contributed by atoms with van der Waals surface area (Å²) in [5.74, 6) is 3.40. The van der Waals surface area contributed by atoms with E-state index in [0.717, 1.165) is 0 Å².